The molecule has 30 heavy (non-hydrogen) atoms. The summed E-state index contributed by atoms with van der Waals surface area (Å²) in [5, 5.41) is 12.4. The Morgan fingerprint density at radius 3 is 2.13 bits per heavy atom. The molecule has 0 radical (unpaired) electrons. The molecule has 1 aromatic heterocycles. The van der Waals surface area contributed by atoms with Crippen molar-refractivity contribution in [3.63, 3.8) is 0 Å². The molecule has 4 rings (SSSR count). The summed E-state index contributed by atoms with van der Waals surface area (Å²) in [6.07, 6.45) is 1.89. The first kappa shape index (κ1) is 19.6. The zero-order valence-corrected chi connectivity index (χ0v) is 17.7. The van der Waals surface area contributed by atoms with Gasteiger partial charge in [-0.2, -0.15) is 5.26 Å². The maximum atomic E-state index is 9.67. The van der Waals surface area contributed by atoms with Gasteiger partial charge in [-0.3, -0.25) is 0 Å². The summed E-state index contributed by atoms with van der Waals surface area (Å²) in [5.74, 6) is 0. The van der Waals surface area contributed by atoms with E-state index in [4.69, 9.17) is 4.98 Å². The molecule has 0 fully saturated rings. The lowest BCUT2D eigenvalue weighted by atomic mass is 10.0. The van der Waals surface area contributed by atoms with Gasteiger partial charge < -0.3 is 4.90 Å². The van der Waals surface area contributed by atoms with Gasteiger partial charge in [-0.1, -0.05) is 66.7 Å². The number of anilines is 1. The molecule has 0 atom stereocenters. The van der Waals surface area contributed by atoms with Gasteiger partial charge in [0.25, 0.3) is 0 Å². The summed E-state index contributed by atoms with van der Waals surface area (Å²) >= 11 is 1.49. The Bertz CT molecular complexity index is 1200. The fourth-order valence-electron chi connectivity index (χ4n) is 3.17. The molecule has 0 aliphatic rings. The molecule has 0 aliphatic carbocycles. The first-order valence-electron chi connectivity index (χ1n) is 9.65. The first-order valence-corrected chi connectivity index (χ1v) is 10.5. The minimum Gasteiger partial charge on any atom is -0.378 e. The third-order valence-corrected chi connectivity index (χ3v) is 5.74. The second kappa shape index (κ2) is 8.77. The van der Waals surface area contributed by atoms with Gasteiger partial charge in [-0.15, -0.1) is 11.3 Å². The van der Waals surface area contributed by atoms with Crippen molar-refractivity contribution in [2.24, 2.45) is 0 Å². The maximum absolute atomic E-state index is 9.67. The summed E-state index contributed by atoms with van der Waals surface area (Å²) in [6, 6.07) is 29.1. The van der Waals surface area contributed by atoms with E-state index in [1.807, 2.05) is 68.0 Å². The largest absolute Gasteiger partial charge is 0.378 e. The number of benzene rings is 3. The van der Waals surface area contributed by atoms with E-state index < -0.39 is 0 Å². The summed E-state index contributed by atoms with van der Waals surface area (Å²) in [7, 11) is 4.02. The number of nitriles is 1. The number of hydrogen-bond donors (Lipinski definition) is 0. The highest BCUT2D eigenvalue weighted by Gasteiger charge is 2.10. The van der Waals surface area contributed by atoms with Gasteiger partial charge in [0.05, 0.1) is 11.3 Å². The second-order valence-corrected chi connectivity index (χ2v) is 8.00. The molecule has 0 saturated carbocycles. The zero-order chi connectivity index (χ0) is 20.9. The quantitative estimate of drug-likeness (QED) is 0.350. The van der Waals surface area contributed by atoms with Gasteiger partial charge in [-0.05, 0) is 34.9 Å². The maximum Gasteiger partial charge on any atom is 0.134 e. The van der Waals surface area contributed by atoms with Crippen molar-refractivity contribution >= 4 is 28.7 Å². The van der Waals surface area contributed by atoms with E-state index in [9.17, 15) is 5.26 Å². The van der Waals surface area contributed by atoms with E-state index in [1.54, 1.807) is 0 Å². The highest BCUT2D eigenvalue weighted by atomic mass is 32.1. The van der Waals surface area contributed by atoms with Crippen molar-refractivity contribution in [2.75, 3.05) is 19.0 Å². The molecule has 1 heterocycles. The highest BCUT2D eigenvalue weighted by molar-refractivity contribution is 7.11. The number of rotatable bonds is 5. The molecular formula is C26H21N3S. The SMILES string of the molecule is CN(C)c1ccc(C=C(C#N)c2nc(-c3ccc(-c4ccccc4)cc3)cs2)cc1. The van der Waals surface area contributed by atoms with Crippen LogP contribution in [0.4, 0.5) is 5.69 Å². The number of hydrogen-bond acceptors (Lipinski definition) is 4. The molecule has 0 N–H and O–H groups in total. The Labute approximate surface area is 181 Å². The molecule has 4 heteroatoms. The molecule has 3 aromatic carbocycles. The Kier molecular flexibility index (Phi) is 5.74. The van der Waals surface area contributed by atoms with Crippen LogP contribution in [0.15, 0.2) is 84.2 Å². The van der Waals surface area contributed by atoms with E-state index >= 15 is 0 Å². The van der Waals surface area contributed by atoms with E-state index in [0.29, 0.717) is 5.57 Å². The summed E-state index contributed by atoms with van der Waals surface area (Å²) in [6.45, 7) is 0. The zero-order valence-electron chi connectivity index (χ0n) is 16.9. The topological polar surface area (TPSA) is 39.9 Å². The fourth-order valence-corrected chi connectivity index (χ4v) is 3.97. The Balaban J connectivity index is 1.57. The lowest BCUT2D eigenvalue weighted by Crippen LogP contribution is -2.07. The third-order valence-electron chi connectivity index (χ3n) is 4.86. The monoisotopic (exact) mass is 407 g/mol. The number of nitrogens with zero attached hydrogens (tertiary/aromatic N) is 3. The number of thiazole rings is 1. The van der Waals surface area contributed by atoms with Gasteiger partial charge in [-0.25, -0.2) is 4.98 Å². The average molecular weight is 408 g/mol. The molecule has 4 aromatic rings. The molecule has 3 nitrogen and oxygen atoms in total. The lowest BCUT2D eigenvalue weighted by Gasteiger charge is -2.11. The van der Waals surface area contributed by atoms with Gasteiger partial charge >= 0.3 is 0 Å². The van der Waals surface area contributed by atoms with Crippen LogP contribution in [0.25, 0.3) is 34.0 Å². The third kappa shape index (κ3) is 4.32. The molecule has 0 spiro atoms. The standard InChI is InChI=1S/C26H21N3S/c1-29(2)24-14-8-19(9-15-24)16-23(17-27)26-28-25(18-30-26)22-12-10-21(11-13-22)20-6-4-3-5-7-20/h3-16,18H,1-2H3. The van der Waals surface area contributed by atoms with Crippen LogP contribution in [0, 0.1) is 11.3 Å². The Morgan fingerprint density at radius 2 is 1.50 bits per heavy atom. The molecule has 146 valence electrons. The van der Waals surface area contributed by atoms with Crippen LogP contribution in [0.5, 0.6) is 0 Å². The van der Waals surface area contributed by atoms with Crippen LogP contribution >= 0.6 is 11.3 Å². The van der Waals surface area contributed by atoms with E-state index in [-0.39, 0.29) is 0 Å². The predicted octanol–water partition coefficient (Wildman–Crippen LogP) is 6.61. The van der Waals surface area contributed by atoms with Crippen LogP contribution in [0.1, 0.15) is 10.6 Å². The second-order valence-electron chi connectivity index (χ2n) is 7.14. The Hall–Kier alpha value is -3.68. The number of allylic oxidation sites excluding steroid dienone is 1. The fraction of sp³-hybridized carbons (Fsp3) is 0.0769. The molecule has 0 aliphatic heterocycles. The van der Waals surface area contributed by atoms with Gasteiger partial charge in [0.1, 0.15) is 11.1 Å². The van der Waals surface area contributed by atoms with Crippen LogP contribution in [0.3, 0.4) is 0 Å². The van der Waals surface area contributed by atoms with Crippen molar-refractivity contribution in [3.8, 4) is 28.5 Å². The summed E-state index contributed by atoms with van der Waals surface area (Å²) < 4.78 is 0. The van der Waals surface area contributed by atoms with Crippen LogP contribution < -0.4 is 4.90 Å². The van der Waals surface area contributed by atoms with Gasteiger partial charge in [0, 0.05) is 30.7 Å². The predicted molar refractivity (Wildman–Crippen MR) is 127 cm³/mol. The first-order chi connectivity index (χ1) is 14.6. The number of aromatic nitrogens is 1. The van der Waals surface area contributed by atoms with Crippen molar-refractivity contribution in [1.82, 2.24) is 4.98 Å². The molecule has 0 amide bonds. The molecule has 0 bridgehead atoms. The van der Waals surface area contributed by atoms with Gasteiger partial charge in [0.2, 0.25) is 0 Å². The van der Waals surface area contributed by atoms with E-state index in [2.05, 4.69) is 47.4 Å². The van der Waals surface area contributed by atoms with Crippen molar-refractivity contribution in [1.29, 1.82) is 5.26 Å². The Morgan fingerprint density at radius 1 is 0.867 bits per heavy atom. The van der Waals surface area contributed by atoms with Crippen molar-refractivity contribution < 1.29 is 0 Å². The molecular weight excluding hydrogens is 386 g/mol. The summed E-state index contributed by atoms with van der Waals surface area (Å²) in [4.78, 5) is 6.77. The highest BCUT2D eigenvalue weighted by Crippen LogP contribution is 2.29. The minimum atomic E-state index is 0.574. The van der Waals surface area contributed by atoms with Gasteiger partial charge in [0.15, 0.2) is 0 Å². The van der Waals surface area contributed by atoms with Crippen LogP contribution in [0.2, 0.25) is 0 Å². The van der Waals surface area contributed by atoms with Crippen LogP contribution in [-0.4, -0.2) is 19.1 Å². The molecule has 0 saturated heterocycles. The van der Waals surface area contributed by atoms with Crippen molar-refractivity contribution in [3.05, 3.63) is 94.8 Å². The average Bonchev–Trinajstić information content (AvgIpc) is 3.28. The van der Waals surface area contributed by atoms with Crippen LogP contribution in [-0.2, 0) is 0 Å². The van der Waals surface area contributed by atoms with E-state index in [1.165, 1.54) is 22.5 Å². The lowest BCUT2D eigenvalue weighted by molar-refractivity contribution is 1.13. The van der Waals surface area contributed by atoms with Crippen molar-refractivity contribution in [2.45, 2.75) is 0 Å². The summed E-state index contributed by atoms with van der Waals surface area (Å²) in [5.41, 5.74) is 6.99. The minimum absolute atomic E-state index is 0.574. The molecule has 0 unspecified atom stereocenters. The van der Waals surface area contributed by atoms with E-state index in [0.717, 1.165) is 27.5 Å². The normalized spacial score (nSPS) is 11.2. The smallest absolute Gasteiger partial charge is 0.134 e.